The highest BCUT2D eigenvalue weighted by atomic mass is 32.2. The fourth-order valence-corrected chi connectivity index (χ4v) is 1.58. The highest BCUT2D eigenvalue weighted by Crippen LogP contribution is 2.07. The standard InChI is InChI=1S/C9H16O4S/c1-3-5-14-6-4-8(12-2)7-13-9(10)11/h3,8H,1,4-7H2,2H3,(H,10,11). The molecule has 0 aromatic carbocycles. The molecule has 0 heterocycles. The van der Waals surface area contributed by atoms with Gasteiger partial charge >= 0.3 is 6.16 Å². The molecule has 0 saturated carbocycles. The van der Waals surface area contributed by atoms with Gasteiger partial charge in [-0.3, -0.25) is 0 Å². The van der Waals surface area contributed by atoms with Crippen LogP contribution >= 0.6 is 11.8 Å². The lowest BCUT2D eigenvalue weighted by Crippen LogP contribution is -2.20. The van der Waals surface area contributed by atoms with E-state index < -0.39 is 6.16 Å². The average Bonchev–Trinajstić information content (AvgIpc) is 2.16. The first-order valence-corrected chi connectivity index (χ1v) is 5.43. The zero-order chi connectivity index (χ0) is 10.8. The van der Waals surface area contributed by atoms with Crippen LogP contribution in [-0.2, 0) is 9.47 Å². The number of rotatable bonds is 8. The molecule has 82 valence electrons. The third-order valence-corrected chi connectivity index (χ3v) is 2.54. The highest BCUT2D eigenvalue weighted by Gasteiger charge is 2.09. The largest absolute Gasteiger partial charge is 0.505 e. The van der Waals surface area contributed by atoms with Crippen molar-refractivity contribution in [1.82, 2.24) is 0 Å². The number of carbonyl (C=O) groups is 1. The maximum atomic E-state index is 10.1. The summed E-state index contributed by atoms with van der Waals surface area (Å²) in [7, 11) is 1.55. The van der Waals surface area contributed by atoms with E-state index in [1.165, 1.54) is 0 Å². The van der Waals surface area contributed by atoms with Gasteiger partial charge in [0.25, 0.3) is 0 Å². The third-order valence-electron chi connectivity index (χ3n) is 1.55. The molecule has 5 heteroatoms. The van der Waals surface area contributed by atoms with Crippen molar-refractivity contribution in [2.24, 2.45) is 0 Å². The average molecular weight is 220 g/mol. The van der Waals surface area contributed by atoms with E-state index in [2.05, 4.69) is 11.3 Å². The summed E-state index contributed by atoms with van der Waals surface area (Å²) >= 11 is 1.73. The molecule has 0 radical (unpaired) electrons. The summed E-state index contributed by atoms with van der Waals surface area (Å²) in [5.41, 5.74) is 0. The first kappa shape index (κ1) is 13.3. The molecule has 0 rings (SSSR count). The van der Waals surface area contributed by atoms with E-state index in [1.807, 2.05) is 6.08 Å². The number of carboxylic acid groups (broad SMARTS) is 1. The van der Waals surface area contributed by atoms with E-state index in [-0.39, 0.29) is 12.7 Å². The van der Waals surface area contributed by atoms with Gasteiger partial charge in [0.05, 0.1) is 6.10 Å². The molecule has 4 nitrogen and oxygen atoms in total. The van der Waals surface area contributed by atoms with Crippen LogP contribution in [0.4, 0.5) is 4.79 Å². The summed E-state index contributed by atoms with van der Waals surface area (Å²) < 4.78 is 9.47. The summed E-state index contributed by atoms with van der Waals surface area (Å²) in [5.74, 6) is 1.81. The minimum Gasteiger partial charge on any atom is -0.450 e. The Morgan fingerprint density at radius 2 is 2.43 bits per heavy atom. The minimum absolute atomic E-state index is 0.0977. The predicted molar refractivity (Wildman–Crippen MR) is 56.9 cm³/mol. The second kappa shape index (κ2) is 8.90. The molecule has 0 fully saturated rings. The molecule has 0 aromatic heterocycles. The zero-order valence-corrected chi connectivity index (χ0v) is 9.09. The molecular weight excluding hydrogens is 204 g/mol. The molecule has 0 aliphatic carbocycles. The van der Waals surface area contributed by atoms with Crippen molar-refractivity contribution in [3.05, 3.63) is 12.7 Å². The van der Waals surface area contributed by atoms with Crippen LogP contribution in [0.5, 0.6) is 0 Å². The Bertz CT molecular complexity index is 172. The highest BCUT2D eigenvalue weighted by molar-refractivity contribution is 7.99. The summed E-state index contributed by atoms with van der Waals surface area (Å²) in [6.45, 7) is 3.70. The van der Waals surface area contributed by atoms with Crippen LogP contribution < -0.4 is 0 Å². The second-order valence-corrected chi connectivity index (χ2v) is 3.74. The van der Waals surface area contributed by atoms with Crippen LogP contribution in [0.25, 0.3) is 0 Å². The van der Waals surface area contributed by atoms with Gasteiger partial charge in [-0.25, -0.2) is 4.79 Å². The Morgan fingerprint density at radius 3 is 2.93 bits per heavy atom. The van der Waals surface area contributed by atoms with Crippen molar-refractivity contribution in [1.29, 1.82) is 0 Å². The summed E-state index contributed by atoms with van der Waals surface area (Å²) in [6.07, 6.45) is 1.21. The molecule has 0 bridgehead atoms. The zero-order valence-electron chi connectivity index (χ0n) is 8.27. The van der Waals surface area contributed by atoms with Gasteiger partial charge in [-0.15, -0.1) is 6.58 Å². The summed E-state index contributed by atoms with van der Waals surface area (Å²) in [5, 5.41) is 8.27. The maximum Gasteiger partial charge on any atom is 0.505 e. The van der Waals surface area contributed by atoms with Crippen LogP contribution in [0.15, 0.2) is 12.7 Å². The monoisotopic (exact) mass is 220 g/mol. The van der Waals surface area contributed by atoms with Crippen molar-refractivity contribution in [2.45, 2.75) is 12.5 Å². The lowest BCUT2D eigenvalue weighted by Gasteiger charge is -2.13. The van der Waals surface area contributed by atoms with E-state index in [9.17, 15) is 4.79 Å². The van der Waals surface area contributed by atoms with Crippen LogP contribution in [0.1, 0.15) is 6.42 Å². The molecule has 1 unspecified atom stereocenters. The van der Waals surface area contributed by atoms with Crippen LogP contribution in [0.2, 0.25) is 0 Å². The van der Waals surface area contributed by atoms with Gasteiger partial charge in [0.15, 0.2) is 0 Å². The third kappa shape index (κ3) is 7.94. The van der Waals surface area contributed by atoms with Crippen molar-refractivity contribution >= 4 is 17.9 Å². The van der Waals surface area contributed by atoms with Gasteiger partial charge < -0.3 is 14.6 Å². The number of methoxy groups -OCH3 is 1. The fourth-order valence-electron chi connectivity index (χ4n) is 0.815. The Morgan fingerprint density at radius 1 is 1.71 bits per heavy atom. The lowest BCUT2D eigenvalue weighted by atomic mass is 10.3. The van der Waals surface area contributed by atoms with Crippen molar-refractivity contribution in [3.63, 3.8) is 0 Å². The van der Waals surface area contributed by atoms with Crippen LogP contribution in [0.3, 0.4) is 0 Å². The van der Waals surface area contributed by atoms with E-state index in [0.717, 1.165) is 17.9 Å². The predicted octanol–water partition coefficient (Wildman–Crippen LogP) is 2.01. The molecule has 0 aliphatic rings. The molecule has 14 heavy (non-hydrogen) atoms. The van der Waals surface area contributed by atoms with Gasteiger partial charge in [-0.2, -0.15) is 11.8 Å². The smallest absolute Gasteiger partial charge is 0.450 e. The van der Waals surface area contributed by atoms with E-state index in [1.54, 1.807) is 18.9 Å². The molecule has 0 amide bonds. The lowest BCUT2D eigenvalue weighted by molar-refractivity contribution is 0.0157. The molecule has 0 saturated heterocycles. The Balaban J connectivity index is 3.47. The number of hydrogen-bond donors (Lipinski definition) is 1. The molecule has 0 aromatic rings. The number of hydrogen-bond acceptors (Lipinski definition) is 4. The summed E-state index contributed by atoms with van der Waals surface area (Å²) in [4.78, 5) is 10.1. The van der Waals surface area contributed by atoms with Gasteiger partial charge in [-0.1, -0.05) is 6.08 Å². The van der Waals surface area contributed by atoms with E-state index in [0.29, 0.717) is 0 Å². The van der Waals surface area contributed by atoms with Crippen molar-refractivity contribution in [3.8, 4) is 0 Å². The molecule has 1 N–H and O–H groups in total. The Kier molecular flexibility index (Phi) is 8.47. The number of thioether (sulfide) groups is 1. The molecule has 0 aliphatic heterocycles. The van der Waals surface area contributed by atoms with Gasteiger partial charge in [0.1, 0.15) is 6.61 Å². The molecular formula is C9H16O4S. The van der Waals surface area contributed by atoms with Gasteiger partial charge in [0.2, 0.25) is 0 Å². The topological polar surface area (TPSA) is 55.8 Å². The minimum atomic E-state index is -1.26. The van der Waals surface area contributed by atoms with Crippen LogP contribution in [-0.4, -0.2) is 42.6 Å². The van der Waals surface area contributed by atoms with Gasteiger partial charge in [-0.05, 0) is 12.2 Å². The van der Waals surface area contributed by atoms with Crippen molar-refractivity contribution in [2.75, 3.05) is 25.2 Å². The second-order valence-electron chi connectivity index (χ2n) is 2.59. The van der Waals surface area contributed by atoms with E-state index >= 15 is 0 Å². The fraction of sp³-hybridized carbons (Fsp3) is 0.667. The van der Waals surface area contributed by atoms with Gasteiger partial charge in [0, 0.05) is 12.9 Å². The Labute approximate surface area is 88.3 Å². The van der Waals surface area contributed by atoms with Crippen molar-refractivity contribution < 1.29 is 19.4 Å². The summed E-state index contributed by atoms with van der Waals surface area (Å²) in [6, 6.07) is 0. The first-order chi connectivity index (χ1) is 6.70. The SMILES string of the molecule is C=CCSCCC(COC(=O)O)OC. The van der Waals surface area contributed by atoms with E-state index in [4.69, 9.17) is 9.84 Å². The molecule has 1 atom stereocenters. The number of ether oxygens (including phenoxy) is 2. The molecule has 0 spiro atoms. The quantitative estimate of drug-likeness (QED) is 0.385. The Hall–Kier alpha value is -0.680. The van der Waals surface area contributed by atoms with Crippen LogP contribution in [0, 0.1) is 0 Å². The first-order valence-electron chi connectivity index (χ1n) is 4.27. The maximum absolute atomic E-state index is 10.1. The normalized spacial score (nSPS) is 12.1.